The molecule has 2 aliphatic heterocycles. The van der Waals surface area contributed by atoms with Crippen molar-refractivity contribution in [2.75, 3.05) is 26.7 Å². The van der Waals surface area contributed by atoms with Gasteiger partial charge in [0, 0.05) is 32.3 Å². The molecular weight excluding hydrogens is 411 g/mol. The second-order valence-electron chi connectivity index (χ2n) is 8.36. The van der Waals surface area contributed by atoms with Gasteiger partial charge in [-0.15, -0.1) is 0 Å². The molecule has 166 valence electrons. The van der Waals surface area contributed by atoms with Crippen molar-refractivity contribution >= 4 is 11.8 Å². The van der Waals surface area contributed by atoms with E-state index in [0.717, 1.165) is 11.1 Å². The van der Waals surface area contributed by atoms with Gasteiger partial charge in [-0.1, -0.05) is 24.3 Å². The van der Waals surface area contributed by atoms with Crippen LogP contribution in [0.4, 0.5) is 4.39 Å². The summed E-state index contributed by atoms with van der Waals surface area (Å²) in [5.41, 5.74) is 7.35. The highest BCUT2D eigenvalue weighted by Crippen LogP contribution is 2.31. The lowest BCUT2D eigenvalue weighted by Gasteiger charge is -2.33. The van der Waals surface area contributed by atoms with Gasteiger partial charge in [0.15, 0.2) is 5.60 Å². The number of fused-ring (bicyclic) bond motifs is 1. The Kier molecular flexibility index (Phi) is 5.96. The van der Waals surface area contributed by atoms with Crippen molar-refractivity contribution in [1.82, 2.24) is 10.2 Å². The van der Waals surface area contributed by atoms with Crippen LogP contribution in [0.2, 0.25) is 0 Å². The summed E-state index contributed by atoms with van der Waals surface area (Å²) in [6.45, 7) is 1.62. The van der Waals surface area contributed by atoms with Crippen molar-refractivity contribution < 1.29 is 18.7 Å². The van der Waals surface area contributed by atoms with Gasteiger partial charge in [0.05, 0.1) is 12.0 Å². The van der Waals surface area contributed by atoms with E-state index in [2.05, 4.69) is 11.4 Å². The van der Waals surface area contributed by atoms with Gasteiger partial charge in [0.25, 0.3) is 11.8 Å². The SMILES string of the molecule is CN1Cc2ccc(-c3ccc(C[C@@H](C#N)C4(C(N)=O)CNCCCO4)c(F)c3)cc2C1=O. The number of rotatable bonds is 5. The van der Waals surface area contributed by atoms with Crippen molar-refractivity contribution in [2.45, 2.75) is 25.0 Å². The molecule has 4 rings (SSSR count). The number of benzene rings is 2. The Morgan fingerprint density at radius 2 is 2.09 bits per heavy atom. The van der Waals surface area contributed by atoms with Crippen LogP contribution in [0, 0.1) is 23.1 Å². The molecule has 2 amide bonds. The highest BCUT2D eigenvalue weighted by molar-refractivity contribution is 5.99. The van der Waals surface area contributed by atoms with Crippen LogP contribution in [-0.2, 0) is 22.5 Å². The highest BCUT2D eigenvalue weighted by Gasteiger charge is 2.46. The van der Waals surface area contributed by atoms with E-state index in [9.17, 15) is 14.9 Å². The van der Waals surface area contributed by atoms with Gasteiger partial charge in [-0.2, -0.15) is 5.26 Å². The Bertz CT molecular complexity index is 1100. The molecule has 0 aliphatic carbocycles. The standard InChI is InChI=1S/C24H25FN4O3/c1-29-13-18-6-4-15(10-20(18)22(29)30)16-3-5-17(21(25)11-16)9-19(12-26)24(23(27)31)14-28-7-2-8-32-24/h3-6,10-11,19,28H,2,7-9,13-14H2,1H3,(H2,27,31)/t19-,24?/m0/s1. The Hall–Kier alpha value is -3.28. The third-order valence-corrected chi connectivity index (χ3v) is 6.29. The Morgan fingerprint density at radius 3 is 2.81 bits per heavy atom. The van der Waals surface area contributed by atoms with Crippen molar-refractivity contribution in [3.8, 4) is 17.2 Å². The predicted octanol–water partition coefficient (Wildman–Crippen LogP) is 1.99. The summed E-state index contributed by atoms with van der Waals surface area (Å²) in [6, 6.07) is 12.4. The number of ether oxygens (including phenoxy) is 1. The number of hydrogen-bond donors (Lipinski definition) is 2. The van der Waals surface area contributed by atoms with Gasteiger partial charge in [0.2, 0.25) is 0 Å². The zero-order chi connectivity index (χ0) is 22.9. The summed E-state index contributed by atoms with van der Waals surface area (Å²) in [5.74, 6) is -2.22. The summed E-state index contributed by atoms with van der Waals surface area (Å²) in [6.07, 6.45) is 0.677. The van der Waals surface area contributed by atoms with Crippen molar-refractivity contribution in [3.63, 3.8) is 0 Å². The van der Waals surface area contributed by atoms with Crippen LogP contribution >= 0.6 is 0 Å². The van der Waals surface area contributed by atoms with E-state index in [-0.39, 0.29) is 18.9 Å². The van der Waals surface area contributed by atoms with Gasteiger partial charge in [-0.25, -0.2) is 4.39 Å². The van der Waals surface area contributed by atoms with Gasteiger partial charge >= 0.3 is 0 Å². The molecule has 2 aliphatic rings. The van der Waals surface area contributed by atoms with Gasteiger partial charge in [-0.05, 0) is 53.8 Å². The van der Waals surface area contributed by atoms with Crippen LogP contribution in [0.5, 0.6) is 0 Å². The van der Waals surface area contributed by atoms with E-state index >= 15 is 4.39 Å². The van der Waals surface area contributed by atoms with E-state index in [0.29, 0.717) is 42.8 Å². The lowest BCUT2D eigenvalue weighted by molar-refractivity contribution is -0.147. The quantitative estimate of drug-likeness (QED) is 0.745. The van der Waals surface area contributed by atoms with Crippen LogP contribution in [0.25, 0.3) is 11.1 Å². The number of nitrogens with zero attached hydrogens (tertiary/aromatic N) is 2. The number of carbonyl (C=O) groups excluding carboxylic acids is 2. The monoisotopic (exact) mass is 436 g/mol. The molecule has 0 aromatic heterocycles. The topological polar surface area (TPSA) is 108 Å². The average molecular weight is 436 g/mol. The van der Waals surface area contributed by atoms with Crippen LogP contribution in [0.1, 0.15) is 27.9 Å². The lowest BCUT2D eigenvalue weighted by Crippen LogP contribution is -2.57. The zero-order valence-corrected chi connectivity index (χ0v) is 17.9. The maximum atomic E-state index is 15.1. The van der Waals surface area contributed by atoms with E-state index < -0.39 is 23.2 Å². The Balaban J connectivity index is 1.60. The largest absolute Gasteiger partial charge is 0.367 e. The molecule has 2 atom stereocenters. The maximum Gasteiger partial charge on any atom is 0.254 e. The molecule has 2 heterocycles. The third kappa shape index (κ3) is 3.85. The molecule has 0 bridgehead atoms. The number of amides is 2. The Morgan fingerprint density at radius 1 is 1.34 bits per heavy atom. The summed E-state index contributed by atoms with van der Waals surface area (Å²) >= 11 is 0. The van der Waals surface area contributed by atoms with Crippen molar-refractivity contribution in [1.29, 1.82) is 5.26 Å². The molecule has 1 unspecified atom stereocenters. The summed E-state index contributed by atoms with van der Waals surface area (Å²) in [7, 11) is 1.74. The van der Waals surface area contributed by atoms with Crippen LogP contribution in [-0.4, -0.2) is 49.1 Å². The van der Waals surface area contributed by atoms with Crippen molar-refractivity contribution in [2.24, 2.45) is 11.7 Å². The molecule has 0 saturated carbocycles. The first kappa shape index (κ1) is 21.9. The second-order valence-corrected chi connectivity index (χ2v) is 8.36. The molecule has 1 saturated heterocycles. The molecule has 2 aromatic rings. The molecule has 32 heavy (non-hydrogen) atoms. The fourth-order valence-corrected chi connectivity index (χ4v) is 4.38. The van der Waals surface area contributed by atoms with E-state index in [1.165, 1.54) is 6.07 Å². The number of carbonyl (C=O) groups is 2. The number of nitrogens with two attached hydrogens (primary N) is 1. The van der Waals surface area contributed by atoms with Gasteiger partial charge in [0.1, 0.15) is 5.82 Å². The minimum atomic E-state index is -1.51. The number of nitrogens with one attached hydrogen (secondary N) is 1. The highest BCUT2D eigenvalue weighted by atomic mass is 19.1. The summed E-state index contributed by atoms with van der Waals surface area (Å²) in [5, 5.41) is 12.9. The van der Waals surface area contributed by atoms with E-state index in [1.54, 1.807) is 30.1 Å². The summed E-state index contributed by atoms with van der Waals surface area (Å²) in [4.78, 5) is 26.2. The molecule has 7 nitrogen and oxygen atoms in total. The molecule has 3 N–H and O–H groups in total. The number of halogens is 1. The average Bonchev–Trinajstić information content (AvgIpc) is 2.95. The second kappa shape index (κ2) is 8.69. The minimum absolute atomic E-state index is 0.0132. The van der Waals surface area contributed by atoms with Crippen LogP contribution in [0.15, 0.2) is 36.4 Å². The molecule has 8 heteroatoms. The zero-order valence-electron chi connectivity index (χ0n) is 17.9. The lowest BCUT2D eigenvalue weighted by atomic mass is 9.82. The molecular formula is C24H25FN4O3. The van der Waals surface area contributed by atoms with E-state index in [1.807, 2.05) is 12.1 Å². The first-order valence-electron chi connectivity index (χ1n) is 10.6. The van der Waals surface area contributed by atoms with Crippen molar-refractivity contribution in [3.05, 3.63) is 58.9 Å². The summed E-state index contributed by atoms with van der Waals surface area (Å²) < 4.78 is 20.8. The van der Waals surface area contributed by atoms with Gasteiger partial charge in [-0.3, -0.25) is 9.59 Å². The molecule has 1 fully saturated rings. The number of primary amides is 1. The first-order valence-corrected chi connectivity index (χ1v) is 10.6. The molecule has 0 spiro atoms. The third-order valence-electron chi connectivity index (χ3n) is 6.29. The van der Waals surface area contributed by atoms with Gasteiger partial charge < -0.3 is 20.7 Å². The van der Waals surface area contributed by atoms with E-state index in [4.69, 9.17) is 10.5 Å². The molecule has 0 radical (unpaired) electrons. The smallest absolute Gasteiger partial charge is 0.254 e. The number of hydrogen-bond acceptors (Lipinski definition) is 5. The predicted molar refractivity (Wildman–Crippen MR) is 116 cm³/mol. The molecule has 2 aromatic carbocycles. The fourth-order valence-electron chi connectivity index (χ4n) is 4.38. The first-order chi connectivity index (χ1) is 15.4. The minimum Gasteiger partial charge on any atom is -0.367 e. The Labute approximate surface area is 186 Å². The fraction of sp³-hybridized carbons (Fsp3) is 0.375. The number of nitriles is 1. The maximum absolute atomic E-state index is 15.1. The van der Waals surface area contributed by atoms with Crippen LogP contribution in [0.3, 0.4) is 0 Å². The normalized spacial score (nSPS) is 21.5. The van der Waals surface area contributed by atoms with Crippen LogP contribution < -0.4 is 11.1 Å².